The van der Waals surface area contributed by atoms with Crippen molar-refractivity contribution in [2.24, 2.45) is 23.2 Å². The number of rotatable bonds is 7. The molecule has 1 rings (SSSR count). The van der Waals surface area contributed by atoms with Gasteiger partial charge in [-0.1, -0.05) is 67.2 Å². The average molecular weight is 282 g/mol. The van der Waals surface area contributed by atoms with Gasteiger partial charge in [-0.3, -0.25) is 0 Å². The van der Waals surface area contributed by atoms with E-state index >= 15 is 0 Å². The van der Waals surface area contributed by atoms with Crippen molar-refractivity contribution in [1.82, 2.24) is 5.32 Å². The zero-order valence-electron chi connectivity index (χ0n) is 15.0. The van der Waals surface area contributed by atoms with Crippen LogP contribution in [0.4, 0.5) is 0 Å². The van der Waals surface area contributed by atoms with Gasteiger partial charge in [-0.25, -0.2) is 0 Å². The summed E-state index contributed by atoms with van der Waals surface area (Å²) in [6.07, 6.45) is 10.0. The molecule has 0 heterocycles. The number of hydrogen-bond donors (Lipinski definition) is 1. The summed E-state index contributed by atoms with van der Waals surface area (Å²) in [5, 5.41) is 3.69. The monoisotopic (exact) mass is 281 g/mol. The normalized spacial score (nSPS) is 28.1. The first-order valence-corrected chi connectivity index (χ1v) is 9.08. The molecular formula is C19H39N. The van der Waals surface area contributed by atoms with Gasteiger partial charge in [0.2, 0.25) is 0 Å². The topological polar surface area (TPSA) is 12.0 Å². The molecule has 0 spiro atoms. The molecule has 1 N–H and O–H groups in total. The van der Waals surface area contributed by atoms with Crippen LogP contribution >= 0.6 is 0 Å². The van der Waals surface area contributed by atoms with Crippen molar-refractivity contribution in [2.45, 2.75) is 92.5 Å². The van der Waals surface area contributed by atoms with Crippen LogP contribution in [0, 0.1) is 23.2 Å². The van der Waals surface area contributed by atoms with E-state index in [9.17, 15) is 0 Å². The Bertz CT molecular complexity index is 251. The molecule has 1 nitrogen and oxygen atoms in total. The second-order valence-electron chi connectivity index (χ2n) is 8.45. The number of unbranched alkanes of at least 4 members (excludes halogenated alkanes) is 2. The van der Waals surface area contributed by atoms with Gasteiger partial charge in [0, 0.05) is 6.04 Å². The molecule has 1 aliphatic rings. The molecule has 1 heteroatoms. The van der Waals surface area contributed by atoms with Crippen LogP contribution in [-0.4, -0.2) is 12.6 Å². The summed E-state index contributed by atoms with van der Waals surface area (Å²) in [6.45, 7) is 15.4. The maximum atomic E-state index is 3.69. The molecule has 3 atom stereocenters. The van der Waals surface area contributed by atoms with Crippen LogP contribution in [0.5, 0.6) is 0 Å². The average Bonchev–Trinajstić information content (AvgIpc) is 2.36. The van der Waals surface area contributed by atoms with Gasteiger partial charge in [0.1, 0.15) is 0 Å². The van der Waals surface area contributed by atoms with Crippen molar-refractivity contribution in [3.05, 3.63) is 0 Å². The molecule has 0 aromatic heterocycles. The third kappa shape index (κ3) is 6.16. The van der Waals surface area contributed by atoms with E-state index in [0.717, 1.165) is 17.8 Å². The van der Waals surface area contributed by atoms with E-state index in [-0.39, 0.29) is 0 Å². The first kappa shape index (κ1) is 18.0. The molecule has 0 aromatic rings. The van der Waals surface area contributed by atoms with E-state index in [0.29, 0.717) is 11.5 Å². The van der Waals surface area contributed by atoms with Crippen molar-refractivity contribution in [3.63, 3.8) is 0 Å². The molecule has 120 valence electrons. The lowest BCUT2D eigenvalue weighted by Gasteiger charge is -2.42. The van der Waals surface area contributed by atoms with Crippen molar-refractivity contribution < 1.29 is 0 Å². The predicted molar refractivity (Wildman–Crippen MR) is 91.1 cm³/mol. The van der Waals surface area contributed by atoms with Crippen molar-refractivity contribution in [2.75, 3.05) is 6.54 Å². The first-order chi connectivity index (χ1) is 9.34. The Kier molecular flexibility index (Phi) is 7.58. The Labute approximate surface area is 128 Å². The van der Waals surface area contributed by atoms with E-state index in [4.69, 9.17) is 0 Å². The predicted octanol–water partition coefficient (Wildman–Crippen LogP) is 5.64. The number of hydrogen-bond acceptors (Lipinski definition) is 1. The first-order valence-electron chi connectivity index (χ1n) is 9.08. The minimum absolute atomic E-state index is 0.499. The fourth-order valence-electron chi connectivity index (χ4n) is 3.78. The smallest absolute Gasteiger partial charge is 0.00104 e. The summed E-state index contributed by atoms with van der Waals surface area (Å²) in [5.41, 5.74) is 0.499. The molecule has 0 bridgehead atoms. The molecule has 0 aromatic carbocycles. The van der Waals surface area contributed by atoms with Crippen molar-refractivity contribution >= 4 is 0 Å². The summed E-state index contributed by atoms with van der Waals surface area (Å²) in [4.78, 5) is 0. The van der Waals surface area contributed by atoms with Crippen molar-refractivity contribution in [1.29, 1.82) is 0 Å². The lowest BCUT2D eigenvalue weighted by molar-refractivity contribution is 0.0901. The zero-order chi connectivity index (χ0) is 15.2. The number of nitrogens with one attached hydrogen (secondary N) is 1. The fourth-order valence-corrected chi connectivity index (χ4v) is 3.78. The summed E-state index contributed by atoms with van der Waals surface area (Å²) in [6, 6.07) is 0.631. The Morgan fingerprint density at radius 1 is 1.05 bits per heavy atom. The molecule has 1 saturated carbocycles. The quantitative estimate of drug-likeness (QED) is 0.595. The minimum Gasteiger partial charge on any atom is -0.314 e. The Balaban J connectivity index is 2.55. The van der Waals surface area contributed by atoms with Crippen LogP contribution in [0.1, 0.15) is 86.5 Å². The van der Waals surface area contributed by atoms with E-state index in [1.54, 1.807) is 0 Å². The van der Waals surface area contributed by atoms with Gasteiger partial charge in [0.15, 0.2) is 0 Å². The van der Waals surface area contributed by atoms with E-state index < -0.39 is 0 Å². The lowest BCUT2D eigenvalue weighted by Crippen LogP contribution is -2.38. The molecule has 0 amide bonds. The SMILES string of the molecule is CCCCCC1CC(C(C)(C)C)CCC1CNC(C)C. The van der Waals surface area contributed by atoms with Crippen LogP contribution in [0.15, 0.2) is 0 Å². The van der Waals surface area contributed by atoms with Crippen LogP contribution in [0.25, 0.3) is 0 Å². The molecule has 0 aliphatic heterocycles. The summed E-state index contributed by atoms with van der Waals surface area (Å²) in [5.74, 6) is 2.82. The highest BCUT2D eigenvalue weighted by Crippen LogP contribution is 2.44. The third-order valence-corrected chi connectivity index (χ3v) is 5.33. The Morgan fingerprint density at radius 3 is 2.30 bits per heavy atom. The molecule has 0 saturated heterocycles. The van der Waals surface area contributed by atoms with Crippen LogP contribution in [0.2, 0.25) is 0 Å². The third-order valence-electron chi connectivity index (χ3n) is 5.33. The highest BCUT2D eigenvalue weighted by Gasteiger charge is 2.35. The van der Waals surface area contributed by atoms with Gasteiger partial charge in [-0.2, -0.15) is 0 Å². The van der Waals surface area contributed by atoms with Gasteiger partial charge >= 0.3 is 0 Å². The molecule has 0 radical (unpaired) electrons. The van der Waals surface area contributed by atoms with E-state index in [2.05, 4.69) is 46.9 Å². The molecule has 1 aliphatic carbocycles. The highest BCUT2D eigenvalue weighted by molar-refractivity contribution is 4.86. The van der Waals surface area contributed by atoms with E-state index in [1.165, 1.54) is 51.5 Å². The largest absolute Gasteiger partial charge is 0.314 e. The summed E-state index contributed by atoms with van der Waals surface area (Å²) < 4.78 is 0. The molecular weight excluding hydrogens is 242 g/mol. The van der Waals surface area contributed by atoms with Gasteiger partial charge in [-0.05, 0) is 49.0 Å². The summed E-state index contributed by atoms with van der Waals surface area (Å²) in [7, 11) is 0. The minimum atomic E-state index is 0.499. The highest BCUT2D eigenvalue weighted by atomic mass is 14.9. The van der Waals surface area contributed by atoms with Gasteiger partial charge in [0.25, 0.3) is 0 Å². The van der Waals surface area contributed by atoms with Gasteiger partial charge in [-0.15, -0.1) is 0 Å². The second-order valence-corrected chi connectivity index (χ2v) is 8.45. The maximum Gasteiger partial charge on any atom is 0.00104 e. The maximum absolute atomic E-state index is 3.69. The molecule has 1 fully saturated rings. The van der Waals surface area contributed by atoms with Gasteiger partial charge in [0.05, 0.1) is 0 Å². The second kappa shape index (κ2) is 8.41. The molecule has 3 unspecified atom stereocenters. The van der Waals surface area contributed by atoms with Crippen LogP contribution < -0.4 is 5.32 Å². The van der Waals surface area contributed by atoms with Crippen molar-refractivity contribution in [3.8, 4) is 0 Å². The fraction of sp³-hybridized carbons (Fsp3) is 1.00. The van der Waals surface area contributed by atoms with E-state index in [1.807, 2.05) is 0 Å². The van der Waals surface area contributed by atoms with Crippen LogP contribution in [-0.2, 0) is 0 Å². The Hall–Kier alpha value is -0.0400. The van der Waals surface area contributed by atoms with Gasteiger partial charge < -0.3 is 5.32 Å². The molecule has 20 heavy (non-hydrogen) atoms. The standard InChI is InChI=1S/C19H39N/c1-7-8-9-10-16-13-18(19(4,5)6)12-11-17(16)14-20-15(2)3/h15-18,20H,7-14H2,1-6H3. The van der Waals surface area contributed by atoms with Crippen LogP contribution in [0.3, 0.4) is 0 Å². The lowest BCUT2D eigenvalue weighted by atomic mass is 9.64. The Morgan fingerprint density at radius 2 is 1.75 bits per heavy atom. The summed E-state index contributed by atoms with van der Waals surface area (Å²) >= 11 is 0. The zero-order valence-corrected chi connectivity index (χ0v) is 15.0.